The van der Waals surface area contributed by atoms with Crippen LogP contribution in [-0.2, 0) is 11.8 Å². The molecule has 0 aliphatic carbocycles. The third-order valence-corrected chi connectivity index (χ3v) is 2.32. The molecule has 2 N–H and O–H groups in total. The molecule has 1 amide bonds. The Labute approximate surface area is 81.7 Å². The van der Waals surface area contributed by atoms with Crippen LogP contribution in [0, 0.1) is 0 Å². The summed E-state index contributed by atoms with van der Waals surface area (Å²) in [7, 11) is 1.74. The summed E-state index contributed by atoms with van der Waals surface area (Å²) in [6.45, 7) is 0.914. The number of hydrogen-bond donors (Lipinski definition) is 2. The highest BCUT2D eigenvalue weighted by molar-refractivity contribution is 5.93. The van der Waals surface area contributed by atoms with Gasteiger partial charge in [0, 0.05) is 7.05 Å². The molecule has 0 spiro atoms. The highest BCUT2D eigenvalue weighted by Crippen LogP contribution is 2.07. The Kier molecular flexibility index (Phi) is 2.45. The first-order valence-corrected chi connectivity index (χ1v) is 4.65. The van der Waals surface area contributed by atoms with E-state index in [4.69, 9.17) is 0 Å². The van der Waals surface area contributed by atoms with E-state index >= 15 is 0 Å². The summed E-state index contributed by atoms with van der Waals surface area (Å²) in [6.07, 6.45) is 3.36. The molecule has 2 rings (SSSR count). The van der Waals surface area contributed by atoms with Gasteiger partial charge in [-0.3, -0.25) is 10.1 Å². The molecule has 1 aromatic rings. The molecule has 6 nitrogen and oxygen atoms in total. The molecule has 1 aliphatic rings. The first-order valence-electron chi connectivity index (χ1n) is 4.65. The number of nitrogens with zero attached hydrogens (tertiary/aromatic N) is 3. The zero-order valence-electron chi connectivity index (χ0n) is 8.03. The molecule has 1 fully saturated rings. The van der Waals surface area contributed by atoms with E-state index in [0.717, 1.165) is 19.4 Å². The molecule has 2 heterocycles. The van der Waals surface area contributed by atoms with Crippen molar-refractivity contribution in [1.29, 1.82) is 0 Å². The van der Waals surface area contributed by atoms with Gasteiger partial charge in [0.15, 0.2) is 0 Å². The van der Waals surface area contributed by atoms with Crippen molar-refractivity contribution in [3.05, 3.63) is 6.33 Å². The topological polar surface area (TPSA) is 71.8 Å². The number of carbonyl (C=O) groups is 1. The predicted octanol–water partition coefficient (Wildman–Crippen LogP) is -0.494. The maximum Gasteiger partial charge on any atom is 0.243 e. The highest BCUT2D eigenvalue weighted by Gasteiger charge is 2.22. The standard InChI is InChI=1S/C8H13N5O/c1-13-8(10-5-11-13)12-7(14)6-3-2-4-9-6/h5-6,9H,2-4H2,1H3,(H,10,11,12,14)/t6-/m1/s1. The van der Waals surface area contributed by atoms with Crippen molar-refractivity contribution in [2.24, 2.45) is 7.05 Å². The quantitative estimate of drug-likeness (QED) is 0.667. The summed E-state index contributed by atoms with van der Waals surface area (Å²) in [5, 5.41) is 9.71. The predicted molar refractivity (Wildman–Crippen MR) is 50.7 cm³/mol. The lowest BCUT2D eigenvalue weighted by molar-refractivity contribution is -0.117. The maximum absolute atomic E-state index is 11.6. The Morgan fingerprint density at radius 2 is 2.64 bits per heavy atom. The number of aryl methyl sites for hydroxylation is 1. The Morgan fingerprint density at radius 3 is 3.21 bits per heavy atom. The summed E-state index contributed by atoms with van der Waals surface area (Å²) < 4.78 is 1.53. The van der Waals surface area contributed by atoms with Crippen LogP contribution in [0.3, 0.4) is 0 Å². The molecular formula is C8H13N5O. The van der Waals surface area contributed by atoms with Gasteiger partial charge in [-0.25, -0.2) is 4.68 Å². The first kappa shape index (κ1) is 9.14. The molecule has 0 radical (unpaired) electrons. The largest absolute Gasteiger partial charge is 0.306 e. The van der Waals surface area contributed by atoms with Crippen LogP contribution in [0.5, 0.6) is 0 Å². The zero-order chi connectivity index (χ0) is 9.97. The van der Waals surface area contributed by atoms with Gasteiger partial charge in [-0.1, -0.05) is 0 Å². The van der Waals surface area contributed by atoms with Gasteiger partial charge in [-0.15, -0.1) is 0 Å². The second-order valence-corrected chi connectivity index (χ2v) is 3.35. The average Bonchev–Trinajstić information content (AvgIpc) is 2.77. The fraction of sp³-hybridized carbons (Fsp3) is 0.625. The summed E-state index contributed by atoms with van der Waals surface area (Å²) >= 11 is 0. The van der Waals surface area contributed by atoms with Gasteiger partial charge in [0.1, 0.15) is 6.33 Å². The summed E-state index contributed by atoms with van der Waals surface area (Å²) in [6, 6.07) is -0.0771. The van der Waals surface area contributed by atoms with Crippen LogP contribution in [0.15, 0.2) is 6.33 Å². The van der Waals surface area contributed by atoms with E-state index in [1.807, 2.05) is 0 Å². The summed E-state index contributed by atoms with van der Waals surface area (Å²) in [5.41, 5.74) is 0. The van der Waals surface area contributed by atoms with E-state index < -0.39 is 0 Å². The molecular weight excluding hydrogens is 182 g/mol. The molecule has 1 atom stereocenters. The van der Waals surface area contributed by atoms with Crippen molar-refractivity contribution in [3.8, 4) is 0 Å². The smallest absolute Gasteiger partial charge is 0.243 e. The van der Waals surface area contributed by atoms with E-state index in [1.165, 1.54) is 11.0 Å². The number of aromatic nitrogens is 3. The van der Waals surface area contributed by atoms with Crippen LogP contribution in [0.25, 0.3) is 0 Å². The molecule has 6 heteroatoms. The van der Waals surface area contributed by atoms with E-state index in [1.54, 1.807) is 7.05 Å². The second kappa shape index (κ2) is 3.75. The number of nitrogens with one attached hydrogen (secondary N) is 2. The molecule has 0 unspecified atom stereocenters. The van der Waals surface area contributed by atoms with Gasteiger partial charge < -0.3 is 5.32 Å². The van der Waals surface area contributed by atoms with Gasteiger partial charge in [0.25, 0.3) is 0 Å². The SMILES string of the molecule is Cn1ncnc1NC(=O)[C@H]1CCCN1. The molecule has 0 aromatic carbocycles. The third kappa shape index (κ3) is 1.74. The minimum absolute atomic E-state index is 0.0291. The normalized spacial score (nSPS) is 21.1. The van der Waals surface area contributed by atoms with E-state index in [-0.39, 0.29) is 11.9 Å². The highest BCUT2D eigenvalue weighted by atomic mass is 16.2. The van der Waals surface area contributed by atoms with Crippen LogP contribution in [0.2, 0.25) is 0 Å². The second-order valence-electron chi connectivity index (χ2n) is 3.35. The number of hydrogen-bond acceptors (Lipinski definition) is 4. The Bertz CT molecular complexity index is 328. The van der Waals surface area contributed by atoms with Gasteiger partial charge >= 0.3 is 0 Å². The van der Waals surface area contributed by atoms with Gasteiger partial charge in [-0.2, -0.15) is 10.1 Å². The van der Waals surface area contributed by atoms with Gasteiger partial charge in [0.2, 0.25) is 11.9 Å². The Hall–Kier alpha value is -1.43. The lowest BCUT2D eigenvalue weighted by Crippen LogP contribution is -2.36. The van der Waals surface area contributed by atoms with E-state index in [2.05, 4.69) is 20.7 Å². The van der Waals surface area contributed by atoms with Crippen molar-refractivity contribution in [1.82, 2.24) is 20.1 Å². The van der Waals surface area contributed by atoms with Crippen LogP contribution >= 0.6 is 0 Å². The fourth-order valence-electron chi connectivity index (χ4n) is 1.52. The van der Waals surface area contributed by atoms with E-state index in [0.29, 0.717) is 5.95 Å². The molecule has 14 heavy (non-hydrogen) atoms. The van der Waals surface area contributed by atoms with Crippen LogP contribution in [-0.4, -0.2) is 33.3 Å². The van der Waals surface area contributed by atoms with Crippen LogP contribution in [0.1, 0.15) is 12.8 Å². The first-order chi connectivity index (χ1) is 6.77. The molecule has 0 bridgehead atoms. The van der Waals surface area contributed by atoms with Crippen molar-refractivity contribution in [3.63, 3.8) is 0 Å². The number of amides is 1. The molecule has 1 aliphatic heterocycles. The van der Waals surface area contributed by atoms with E-state index in [9.17, 15) is 4.79 Å². The molecule has 1 aromatic heterocycles. The summed E-state index contributed by atoms with van der Waals surface area (Å²) in [5.74, 6) is 0.460. The number of carbonyl (C=O) groups excluding carboxylic acids is 1. The minimum Gasteiger partial charge on any atom is -0.306 e. The van der Waals surface area contributed by atoms with Crippen molar-refractivity contribution in [2.75, 3.05) is 11.9 Å². The third-order valence-electron chi connectivity index (χ3n) is 2.32. The molecule has 1 saturated heterocycles. The fourth-order valence-corrected chi connectivity index (χ4v) is 1.52. The summed E-state index contributed by atoms with van der Waals surface area (Å²) in [4.78, 5) is 15.5. The van der Waals surface area contributed by atoms with Crippen LogP contribution < -0.4 is 10.6 Å². The average molecular weight is 195 g/mol. The van der Waals surface area contributed by atoms with Crippen molar-refractivity contribution in [2.45, 2.75) is 18.9 Å². The number of rotatable bonds is 2. The Morgan fingerprint density at radius 1 is 1.79 bits per heavy atom. The minimum atomic E-state index is -0.0771. The monoisotopic (exact) mass is 195 g/mol. The lowest BCUT2D eigenvalue weighted by atomic mass is 10.2. The van der Waals surface area contributed by atoms with Crippen molar-refractivity contribution < 1.29 is 4.79 Å². The van der Waals surface area contributed by atoms with Gasteiger partial charge in [-0.05, 0) is 19.4 Å². The molecule has 76 valence electrons. The maximum atomic E-state index is 11.6. The van der Waals surface area contributed by atoms with Gasteiger partial charge in [0.05, 0.1) is 6.04 Å². The lowest BCUT2D eigenvalue weighted by Gasteiger charge is -2.09. The molecule has 0 saturated carbocycles. The van der Waals surface area contributed by atoms with Crippen molar-refractivity contribution >= 4 is 11.9 Å². The number of anilines is 1. The Balaban J connectivity index is 1.97. The zero-order valence-corrected chi connectivity index (χ0v) is 8.03. The van der Waals surface area contributed by atoms with Crippen LogP contribution in [0.4, 0.5) is 5.95 Å².